The van der Waals surface area contributed by atoms with Crippen LogP contribution in [0, 0.1) is 11.3 Å². The van der Waals surface area contributed by atoms with Gasteiger partial charge in [0.25, 0.3) is 6.71 Å². The lowest BCUT2D eigenvalue weighted by Gasteiger charge is -2.46. The summed E-state index contributed by atoms with van der Waals surface area (Å²) in [6.07, 6.45) is 0. The largest absolute Gasteiger partial charge is 0.456 e. The first kappa shape index (κ1) is 44.3. The second kappa shape index (κ2) is 15.9. The lowest BCUT2D eigenvalue weighted by Crippen LogP contribution is -2.61. The topological polar surface area (TPSA) is 51.6 Å². The van der Waals surface area contributed by atoms with Crippen LogP contribution in [0.5, 0.6) is 0 Å². The standard InChI is InChI=1S/C69H52BN5O/c1-68(2,3)44-26-32-46(33-27-44)72(47-34-28-45(29-35-47)69(4,5)6)49-36-37-54-59(40-49)73(48-30-24-43(25-31-48)50-16-12-23-63-64(50)53-15-8-10-22-62(53)76-63)60-38-42(41-71)39-61-65(60)70(54)55-18-13-21-58-67(55)75(61)57-20-11-17-52-51-14-7-9-19-56(51)74(58)66(52)57/h7-40H,1-6H3. The van der Waals surface area contributed by atoms with Crippen LogP contribution in [0.1, 0.15) is 58.2 Å². The van der Waals surface area contributed by atoms with Crippen LogP contribution in [0.2, 0.25) is 0 Å². The van der Waals surface area contributed by atoms with Gasteiger partial charge in [0.1, 0.15) is 11.2 Å². The number of para-hydroxylation sites is 4. The monoisotopic (exact) mass is 977 g/mol. The molecule has 6 nitrogen and oxygen atoms in total. The van der Waals surface area contributed by atoms with E-state index in [9.17, 15) is 5.26 Å². The molecule has 0 radical (unpaired) electrons. The van der Waals surface area contributed by atoms with Crippen molar-refractivity contribution in [2.24, 2.45) is 0 Å². The van der Waals surface area contributed by atoms with Gasteiger partial charge in [0.05, 0.1) is 39.7 Å². The van der Waals surface area contributed by atoms with Crippen LogP contribution in [-0.2, 0) is 10.8 Å². The van der Waals surface area contributed by atoms with Gasteiger partial charge in [0.2, 0.25) is 0 Å². The third kappa shape index (κ3) is 6.34. The van der Waals surface area contributed by atoms with Crippen molar-refractivity contribution in [3.8, 4) is 22.9 Å². The van der Waals surface area contributed by atoms with E-state index in [4.69, 9.17) is 4.42 Å². The van der Waals surface area contributed by atoms with E-state index in [-0.39, 0.29) is 17.5 Å². The highest BCUT2D eigenvalue weighted by Crippen LogP contribution is 2.53. The van der Waals surface area contributed by atoms with Crippen molar-refractivity contribution < 1.29 is 4.42 Å². The van der Waals surface area contributed by atoms with Gasteiger partial charge in [0, 0.05) is 61.4 Å². The fourth-order valence-electron chi connectivity index (χ4n) is 12.8. The molecular weight excluding hydrogens is 926 g/mol. The van der Waals surface area contributed by atoms with Gasteiger partial charge in [0.15, 0.2) is 0 Å². The molecule has 0 aliphatic carbocycles. The molecule has 0 saturated heterocycles. The zero-order valence-corrected chi connectivity index (χ0v) is 43.4. The summed E-state index contributed by atoms with van der Waals surface area (Å²) in [5.74, 6) is 0. The van der Waals surface area contributed by atoms with Crippen LogP contribution in [0.25, 0.3) is 60.6 Å². The zero-order chi connectivity index (χ0) is 51.4. The van der Waals surface area contributed by atoms with E-state index in [1.807, 2.05) is 12.1 Å². The summed E-state index contributed by atoms with van der Waals surface area (Å²) in [5, 5.41) is 15.8. The summed E-state index contributed by atoms with van der Waals surface area (Å²) in [4.78, 5) is 7.28. The molecule has 15 rings (SSSR count). The minimum absolute atomic E-state index is 0.00166. The predicted octanol–water partition coefficient (Wildman–Crippen LogP) is 16.7. The summed E-state index contributed by atoms with van der Waals surface area (Å²) in [6, 6.07) is 78.1. The van der Waals surface area contributed by atoms with E-state index >= 15 is 0 Å². The van der Waals surface area contributed by atoms with Gasteiger partial charge in [-0.2, -0.15) is 5.26 Å². The summed E-state index contributed by atoms with van der Waals surface area (Å²) in [7, 11) is 0. The number of furan rings is 1. The maximum atomic E-state index is 11.1. The van der Waals surface area contributed by atoms with Gasteiger partial charge in [-0.1, -0.05) is 157 Å². The molecule has 0 N–H and O–H groups in total. The molecule has 0 amide bonds. The van der Waals surface area contributed by atoms with Crippen LogP contribution in [0.4, 0.5) is 51.2 Å². The number of nitrogens with zero attached hydrogens (tertiary/aromatic N) is 5. The number of rotatable bonds is 5. The number of hydrogen-bond acceptors (Lipinski definition) is 5. The van der Waals surface area contributed by atoms with Crippen molar-refractivity contribution in [3.63, 3.8) is 0 Å². The smallest absolute Gasteiger partial charge is 0.252 e. The molecule has 0 bridgehead atoms. The van der Waals surface area contributed by atoms with Crippen molar-refractivity contribution in [2.75, 3.05) is 14.7 Å². The van der Waals surface area contributed by atoms with Crippen LogP contribution < -0.4 is 31.1 Å². The molecule has 0 atom stereocenters. The highest BCUT2D eigenvalue weighted by atomic mass is 16.3. The van der Waals surface area contributed by atoms with E-state index < -0.39 is 0 Å². The highest BCUT2D eigenvalue weighted by molar-refractivity contribution is 7.00. The fraction of sp³-hybridized carbons (Fsp3) is 0.116. The van der Waals surface area contributed by atoms with E-state index in [2.05, 4.69) is 261 Å². The van der Waals surface area contributed by atoms with Crippen LogP contribution in [0.15, 0.2) is 211 Å². The molecule has 5 heterocycles. The Labute approximate surface area is 443 Å². The summed E-state index contributed by atoms with van der Waals surface area (Å²) in [5.41, 5.74) is 23.7. The highest BCUT2D eigenvalue weighted by Gasteiger charge is 2.46. The minimum Gasteiger partial charge on any atom is -0.456 e. The predicted molar refractivity (Wildman–Crippen MR) is 318 cm³/mol. The van der Waals surface area contributed by atoms with Gasteiger partial charge in [-0.15, -0.1) is 0 Å². The van der Waals surface area contributed by atoms with Gasteiger partial charge < -0.3 is 23.7 Å². The molecule has 3 aliphatic rings. The Balaban J connectivity index is 0.990. The molecule has 76 heavy (non-hydrogen) atoms. The third-order valence-corrected chi connectivity index (χ3v) is 16.4. The first-order chi connectivity index (χ1) is 36.9. The molecule has 7 heteroatoms. The molecule has 0 unspecified atom stereocenters. The lowest BCUT2D eigenvalue weighted by atomic mass is 9.33. The third-order valence-electron chi connectivity index (χ3n) is 16.4. The quantitative estimate of drug-likeness (QED) is 0.161. The first-order valence-corrected chi connectivity index (χ1v) is 26.4. The Morgan fingerprint density at radius 2 is 1.09 bits per heavy atom. The normalized spacial score (nSPS) is 13.3. The first-order valence-electron chi connectivity index (χ1n) is 26.4. The van der Waals surface area contributed by atoms with Crippen LogP contribution >= 0.6 is 0 Å². The van der Waals surface area contributed by atoms with Crippen molar-refractivity contribution >= 4 is 118 Å². The number of aromatic nitrogens is 1. The van der Waals surface area contributed by atoms with Crippen LogP contribution in [0.3, 0.4) is 0 Å². The minimum atomic E-state index is -0.149. The SMILES string of the molecule is CC(C)(C)c1ccc(N(c2ccc(C(C)(C)C)cc2)c2ccc3c(c2)N(c2ccc(-c4cccc5oc6ccccc6c45)cc2)c2cc(C#N)cc4c2B3c2cccc3c2N4c2cccc4c5ccccc5n-3c24)cc1. The van der Waals surface area contributed by atoms with Crippen molar-refractivity contribution in [1.82, 2.24) is 4.57 Å². The molecule has 3 aliphatic heterocycles. The summed E-state index contributed by atoms with van der Waals surface area (Å²) in [6.45, 7) is 13.5. The fourth-order valence-corrected chi connectivity index (χ4v) is 12.8. The van der Waals surface area contributed by atoms with Gasteiger partial charge >= 0.3 is 0 Å². The Morgan fingerprint density at radius 1 is 0.487 bits per heavy atom. The number of hydrogen-bond donors (Lipinski definition) is 0. The van der Waals surface area contributed by atoms with E-state index in [0.29, 0.717) is 5.56 Å². The number of nitriles is 1. The molecule has 2 aromatic heterocycles. The molecule has 0 fully saturated rings. The number of fused-ring (bicyclic) bond motifs is 12. The molecular formula is C69H52BN5O. The molecule has 362 valence electrons. The Kier molecular flexibility index (Phi) is 9.25. The Hall–Kier alpha value is -9.25. The van der Waals surface area contributed by atoms with Crippen molar-refractivity contribution in [3.05, 3.63) is 223 Å². The lowest BCUT2D eigenvalue weighted by molar-refractivity contribution is 0.590. The van der Waals surface area contributed by atoms with Crippen molar-refractivity contribution in [2.45, 2.75) is 52.4 Å². The second-order valence-electron chi connectivity index (χ2n) is 22.9. The number of anilines is 9. The maximum absolute atomic E-state index is 11.1. The van der Waals surface area contributed by atoms with E-state index in [1.165, 1.54) is 49.3 Å². The van der Waals surface area contributed by atoms with Gasteiger partial charge in [-0.3, -0.25) is 0 Å². The second-order valence-corrected chi connectivity index (χ2v) is 22.9. The maximum Gasteiger partial charge on any atom is 0.252 e. The van der Waals surface area contributed by atoms with Gasteiger partial charge in [-0.05, 0) is 140 Å². The average Bonchev–Trinajstić information content (AvgIpc) is 4.08. The van der Waals surface area contributed by atoms with Crippen LogP contribution in [-0.4, -0.2) is 11.3 Å². The molecule has 0 spiro atoms. The van der Waals surface area contributed by atoms with E-state index in [1.54, 1.807) is 0 Å². The van der Waals surface area contributed by atoms with E-state index in [0.717, 1.165) is 89.9 Å². The summed E-state index contributed by atoms with van der Waals surface area (Å²) >= 11 is 0. The Bertz CT molecular complexity index is 4390. The molecule has 0 saturated carbocycles. The average molecular weight is 978 g/mol. The van der Waals surface area contributed by atoms with Gasteiger partial charge in [-0.25, -0.2) is 0 Å². The molecule has 12 aromatic rings. The summed E-state index contributed by atoms with van der Waals surface area (Å²) < 4.78 is 8.84. The van der Waals surface area contributed by atoms with Crippen molar-refractivity contribution in [1.29, 1.82) is 5.26 Å². The number of benzene rings is 10. The zero-order valence-electron chi connectivity index (χ0n) is 43.4. The Morgan fingerprint density at radius 3 is 1.80 bits per heavy atom. The molecule has 10 aromatic carbocycles.